The van der Waals surface area contributed by atoms with Gasteiger partial charge in [0, 0.05) is 12.2 Å². The van der Waals surface area contributed by atoms with E-state index in [1.165, 1.54) is 12.8 Å². The van der Waals surface area contributed by atoms with E-state index in [0.717, 1.165) is 34.6 Å². The van der Waals surface area contributed by atoms with Gasteiger partial charge in [0.1, 0.15) is 5.69 Å². The zero-order valence-corrected chi connectivity index (χ0v) is 20.8. The van der Waals surface area contributed by atoms with Gasteiger partial charge in [0.15, 0.2) is 0 Å². The number of hydrogen-bond donors (Lipinski definition) is 3. The summed E-state index contributed by atoms with van der Waals surface area (Å²) in [6.07, 6.45) is 2.49. The van der Waals surface area contributed by atoms with Crippen molar-refractivity contribution in [3.8, 4) is 11.8 Å². The maximum Gasteiger partial charge on any atom is 0.274 e. The highest BCUT2D eigenvalue weighted by molar-refractivity contribution is 6.03. The number of nitrogens with zero attached hydrogens (tertiary/aromatic N) is 3. The second-order valence-electron chi connectivity index (χ2n) is 9.56. The number of carbonyl (C=O) groups excluding carboxylic acids is 1. The summed E-state index contributed by atoms with van der Waals surface area (Å²) in [6.45, 7) is 3.19. The first-order valence-corrected chi connectivity index (χ1v) is 12.5. The van der Waals surface area contributed by atoms with Gasteiger partial charge in [0.05, 0.1) is 29.1 Å². The van der Waals surface area contributed by atoms with Crippen LogP contribution in [0.15, 0.2) is 78.9 Å². The molecule has 0 bridgehead atoms. The summed E-state index contributed by atoms with van der Waals surface area (Å²) in [5.41, 5.74) is 12.1. The second-order valence-corrected chi connectivity index (χ2v) is 9.56. The predicted octanol–water partition coefficient (Wildman–Crippen LogP) is 4.85. The average Bonchev–Trinajstić information content (AvgIpc) is 3.67. The molecule has 4 N–H and O–H groups in total. The molecular weight excluding hydrogens is 460 g/mol. The molecule has 1 atom stereocenters. The van der Waals surface area contributed by atoms with Crippen LogP contribution in [0.5, 0.6) is 0 Å². The molecule has 0 saturated heterocycles. The van der Waals surface area contributed by atoms with Gasteiger partial charge in [-0.2, -0.15) is 10.4 Å². The average molecular weight is 491 g/mol. The summed E-state index contributed by atoms with van der Waals surface area (Å²) in [4.78, 5) is 13.4. The number of nitriles is 1. The highest BCUT2D eigenvalue weighted by atomic mass is 16.2. The molecule has 5 rings (SSSR count). The summed E-state index contributed by atoms with van der Waals surface area (Å²) in [5, 5.41) is 20.7. The minimum atomic E-state index is -0.245. The van der Waals surface area contributed by atoms with Crippen molar-refractivity contribution in [2.24, 2.45) is 11.7 Å². The van der Waals surface area contributed by atoms with Crippen molar-refractivity contribution in [2.75, 3.05) is 11.9 Å². The molecule has 4 aromatic rings. The first kappa shape index (κ1) is 24.4. The number of aryl methyl sites for hydroxylation is 1. The Morgan fingerprint density at radius 3 is 2.59 bits per heavy atom. The van der Waals surface area contributed by atoms with E-state index in [1.807, 2.05) is 79.7 Å². The minimum absolute atomic E-state index is 0.0856. The van der Waals surface area contributed by atoms with Crippen LogP contribution in [0.25, 0.3) is 5.69 Å². The molecule has 0 aliphatic heterocycles. The fourth-order valence-corrected chi connectivity index (χ4v) is 4.49. The Balaban J connectivity index is 1.42. The van der Waals surface area contributed by atoms with E-state index in [4.69, 9.17) is 5.73 Å². The smallest absolute Gasteiger partial charge is 0.274 e. The Hall–Kier alpha value is -4.25. The lowest BCUT2D eigenvalue weighted by Crippen LogP contribution is -2.25. The normalized spacial score (nSPS) is 13.6. The Morgan fingerprint density at radius 1 is 1.08 bits per heavy atom. The maximum absolute atomic E-state index is 13.4. The molecule has 7 nitrogen and oxygen atoms in total. The zero-order valence-electron chi connectivity index (χ0n) is 20.8. The SMILES string of the molecule is Cc1cc(C(=O)Nc2cccc(C(NCC3CC3)c3cccc(C#N)c3)c2)n(-c2cccc(CN)c2)n1. The molecule has 0 radical (unpaired) electrons. The number of amides is 1. The Morgan fingerprint density at radius 2 is 1.84 bits per heavy atom. The van der Waals surface area contributed by atoms with Gasteiger partial charge in [-0.15, -0.1) is 0 Å². The van der Waals surface area contributed by atoms with Crippen molar-refractivity contribution >= 4 is 11.6 Å². The number of aromatic nitrogens is 2. The molecule has 3 aromatic carbocycles. The highest BCUT2D eigenvalue weighted by Gasteiger charge is 2.24. The molecule has 1 saturated carbocycles. The van der Waals surface area contributed by atoms with Gasteiger partial charge in [-0.25, -0.2) is 4.68 Å². The first-order valence-electron chi connectivity index (χ1n) is 12.5. The lowest BCUT2D eigenvalue weighted by Gasteiger charge is -2.21. The third-order valence-electron chi connectivity index (χ3n) is 6.59. The third kappa shape index (κ3) is 5.78. The predicted molar refractivity (Wildman–Crippen MR) is 144 cm³/mol. The van der Waals surface area contributed by atoms with E-state index < -0.39 is 0 Å². The van der Waals surface area contributed by atoms with Crippen LogP contribution in [0, 0.1) is 24.2 Å². The number of carbonyl (C=O) groups is 1. The number of rotatable bonds is 9. The van der Waals surface area contributed by atoms with Gasteiger partial charge in [0.2, 0.25) is 0 Å². The van der Waals surface area contributed by atoms with Crippen LogP contribution in [-0.2, 0) is 6.54 Å². The van der Waals surface area contributed by atoms with Crippen LogP contribution < -0.4 is 16.4 Å². The van der Waals surface area contributed by atoms with E-state index in [-0.39, 0.29) is 11.9 Å². The molecule has 1 aliphatic rings. The van der Waals surface area contributed by atoms with Crippen molar-refractivity contribution < 1.29 is 4.79 Å². The van der Waals surface area contributed by atoms with Crippen molar-refractivity contribution in [3.63, 3.8) is 0 Å². The molecule has 1 unspecified atom stereocenters. The summed E-state index contributed by atoms with van der Waals surface area (Å²) in [6, 6.07) is 27.2. The largest absolute Gasteiger partial charge is 0.326 e. The summed E-state index contributed by atoms with van der Waals surface area (Å²) in [5.74, 6) is 0.454. The van der Waals surface area contributed by atoms with Crippen LogP contribution in [0.1, 0.15) is 57.3 Å². The number of hydrogen-bond acceptors (Lipinski definition) is 5. The van der Waals surface area contributed by atoms with Crippen LogP contribution in [0.2, 0.25) is 0 Å². The van der Waals surface area contributed by atoms with E-state index >= 15 is 0 Å². The van der Waals surface area contributed by atoms with Crippen molar-refractivity contribution in [2.45, 2.75) is 32.4 Å². The van der Waals surface area contributed by atoms with Gasteiger partial charge in [-0.1, -0.05) is 36.4 Å². The van der Waals surface area contributed by atoms with Gasteiger partial charge < -0.3 is 16.4 Å². The first-order chi connectivity index (χ1) is 18.0. The molecule has 1 heterocycles. The second kappa shape index (κ2) is 10.8. The van der Waals surface area contributed by atoms with Crippen molar-refractivity contribution in [1.29, 1.82) is 5.26 Å². The topological polar surface area (TPSA) is 109 Å². The van der Waals surface area contributed by atoms with E-state index in [2.05, 4.69) is 21.8 Å². The lowest BCUT2D eigenvalue weighted by molar-refractivity contribution is 0.101. The van der Waals surface area contributed by atoms with Gasteiger partial charge in [0.25, 0.3) is 5.91 Å². The molecule has 186 valence electrons. The molecule has 0 spiro atoms. The number of anilines is 1. The van der Waals surface area contributed by atoms with E-state index in [0.29, 0.717) is 29.4 Å². The standard InChI is InChI=1S/C30H30N6O/c1-20-13-28(36(35-20)27-10-3-6-23(15-27)18-32)30(37)34-26-9-4-8-25(16-26)29(33-19-21-11-12-21)24-7-2-5-22(14-24)17-31/h2-10,13-16,21,29,33H,11-12,18-19,32H2,1H3,(H,34,37). The number of nitrogens with one attached hydrogen (secondary N) is 2. The molecule has 1 amide bonds. The molecule has 7 heteroatoms. The van der Waals surface area contributed by atoms with Gasteiger partial charge in [-0.05, 0) is 91.4 Å². The molecule has 1 aromatic heterocycles. The fraction of sp³-hybridized carbons (Fsp3) is 0.233. The molecule has 1 fully saturated rings. The van der Waals surface area contributed by atoms with Crippen LogP contribution in [0.4, 0.5) is 5.69 Å². The summed E-state index contributed by atoms with van der Waals surface area (Å²) in [7, 11) is 0. The Bertz CT molecular complexity index is 1460. The fourth-order valence-electron chi connectivity index (χ4n) is 4.49. The number of nitrogens with two attached hydrogens (primary N) is 1. The maximum atomic E-state index is 13.4. The number of benzene rings is 3. The van der Waals surface area contributed by atoms with Gasteiger partial charge >= 0.3 is 0 Å². The monoisotopic (exact) mass is 490 g/mol. The lowest BCUT2D eigenvalue weighted by atomic mass is 9.96. The van der Waals surface area contributed by atoms with E-state index in [9.17, 15) is 10.1 Å². The zero-order chi connectivity index (χ0) is 25.8. The highest BCUT2D eigenvalue weighted by Crippen LogP contribution is 2.31. The van der Waals surface area contributed by atoms with Crippen LogP contribution in [0.3, 0.4) is 0 Å². The minimum Gasteiger partial charge on any atom is -0.326 e. The quantitative estimate of drug-likeness (QED) is 0.311. The van der Waals surface area contributed by atoms with Crippen LogP contribution in [-0.4, -0.2) is 22.2 Å². The Labute approximate surface area is 216 Å². The summed E-state index contributed by atoms with van der Waals surface area (Å²) >= 11 is 0. The van der Waals surface area contributed by atoms with Crippen LogP contribution >= 0.6 is 0 Å². The van der Waals surface area contributed by atoms with Gasteiger partial charge in [-0.3, -0.25) is 4.79 Å². The summed E-state index contributed by atoms with van der Waals surface area (Å²) < 4.78 is 1.65. The molecule has 1 aliphatic carbocycles. The van der Waals surface area contributed by atoms with Crippen molar-refractivity contribution in [1.82, 2.24) is 15.1 Å². The molecule has 37 heavy (non-hydrogen) atoms. The molecular formula is C30H30N6O. The Kier molecular flexibility index (Phi) is 7.13. The third-order valence-corrected chi connectivity index (χ3v) is 6.59. The van der Waals surface area contributed by atoms with Crippen molar-refractivity contribution in [3.05, 3.63) is 113 Å². The van der Waals surface area contributed by atoms with E-state index in [1.54, 1.807) is 10.7 Å².